The van der Waals surface area contributed by atoms with Gasteiger partial charge in [0.2, 0.25) is 0 Å². The molecule has 4 nitrogen and oxygen atoms in total. The van der Waals surface area contributed by atoms with E-state index in [9.17, 15) is 4.79 Å². The van der Waals surface area contributed by atoms with Gasteiger partial charge in [-0.1, -0.05) is 0 Å². The summed E-state index contributed by atoms with van der Waals surface area (Å²) in [6, 6.07) is 0. The molecule has 1 heterocycles. The van der Waals surface area contributed by atoms with Gasteiger partial charge in [-0.2, -0.15) is 0 Å². The van der Waals surface area contributed by atoms with Crippen LogP contribution in [0.1, 0.15) is 35.0 Å². The molecule has 0 aromatic carbocycles. The van der Waals surface area contributed by atoms with Crippen LogP contribution in [0.4, 0.5) is 0 Å². The number of hydrogen-bond donors (Lipinski definition) is 1. The topological polar surface area (TPSA) is 55.1 Å². The first-order valence-corrected chi connectivity index (χ1v) is 3.98. The summed E-state index contributed by atoms with van der Waals surface area (Å²) in [7, 11) is 1.59. The molecule has 1 aromatic rings. The first-order valence-electron chi connectivity index (χ1n) is 3.98. The third-order valence-corrected chi connectivity index (χ3v) is 1.99. The Morgan fingerprint density at radius 1 is 1.75 bits per heavy atom. The summed E-state index contributed by atoms with van der Waals surface area (Å²) in [6.45, 7) is 0. The molecule has 0 atom stereocenters. The molecular weight excluding hydrogens is 156 g/mol. The Bertz CT molecular complexity index is 302. The number of amides is 1. The van der Waals surface area contributed by atoms with Crippen LogP contribution in [-0.4, -0.2) is 17.9 Å². The van der Waals surface area contributed by atoms with Crippen molar-refractivity contribution in [2.24, 2.45) is 0 Å². The second-order valence-electron chi connectivity index (χ2n) is 2.92. The van der Waals surface area contributed by atoms with Gasteiger partial charge in [-0.25, -0.2) is 4.98 Å². The van der Waals surface area contributed by atoms with Crippen LogP contribution in [0.25, 0.3) is 0 Å². The van der Waals surface area contributed by atoms with Gasteiger partial charge >= 0.3 is 0 Å². The molecule has 1 amide bonds. The first-order chi connectivity index (χ1) is 5.83. The maximum Gasteiger partial charge on any atom is 0.273 e. The molecule has 64 valence electrons. The summed E-state index contributed by atoms with van der Waals surface area (Å²) in [6.07, 6.45) is 3.55. The summed E-state index contributed by atoms with van der Waals surface area (Å²) >= 11 is 0. The normalized spacial score (nSPS) is 16.1. The molecule has 1 N–H and O–H groups in total. The van der Waals surface area contributed by atoms with Gasteiger partial charge in [-0.3, -0.25) is 4.79 Å². The predicted molar refractivity (Wildman–Crippen MR) is 41.9 cm³/mol. The van der Waals surface area contributed by atoms with Crippen molar-refractivity contribution < 1.29 is 9.21 Å². The maximum atomic E-state index is 11.2. The predicted octanol–water partition coefficient (Wildman–Crippen LogP) is 0.912. The quantitative estimate of drug-likeness (QED) is 0.710. The van der Waals surface area contributed by atoms with E-state index >= 15 is 0 Å². The Morgan fingerprint density at radius 2 is 2.50 bits per heavy atom. The van der Waals surface area contributed by atoms with Gasteiger partial charge < -0.3 is 9.73 Å². The molecule has 0 bridgehead atoms. The van der Waals surface area contributed by atoms with Crippen molar-refractivity contribution in [2.45, 2.75) is 18.8 Å². The van der Waals surface area contributed by atoms with E-state index < -0.39 is 0 Å². The monoisotopic (exact) mass is 166 g/mol. The highest BCUT2D eigenvalue weighted by Crippen LogP contribution is 2.41. The number of oxazole rings is 1. The van der Waals surface area contributed by atoms with Crippen molar-refractivity contribution in [3.05, 3.63) is 17.8 Å². The smallest absolute Gasteiger partial charge is 0.273 e. The molecule has 2 rings (SSSR count). The highest BCUT2D eigenvalue weighted by molar-refractivity contribution is 5.93. The fourth-order valence-electron chi connectivity index (χ4n) is 1.18. The van der Waals surface area contributed by atoms with Crippen LogP contribution < -0.4 is 5.32 Å². The second kappa shape index (κ2) is 2.62. The fourth-order valence-corrected chi connectivity index (χ4v) is 1.18. The third-order valence-electron chi connectivity index (χ3n) is 1.99. The number of nitrogens with one attached hydrogen (secondary N) is 1. The Hall–Kier alpha value is -1.32. The lowest BCUT2D eigenvalue weighted by molar-refractivity contribution is 0.0956. The Morgan fingerprint density at radius 3 is 3.08 bits per heavy atom. The number of aromatic nitrogens is 1. The molecule has 1 fully saturated rings. The number of rotatable bonds is 2. The van der Waals surface area contributed by atoms with E-state index in [0.717, 1.165) is 18.6 Å². The highest BCUT2D eigenvalue weighted by Gasteiger charge is 2.31. The van der Waals surface area contributed by atoms with Gasteiger partial charge in [0.25, 0.3) is 5.91 Å². The minimum atomic E-state index is -0.161. The summed E-state index contributed by atoms with van der Waals surface area (Å²) < 4.78 is 5.14. The van der Waals surface area contributed by atoms with Crippen LogP contribution in [0, 0.1) is 0 Å². The van der Waals surface area contributed by atoms with Crippen LogP contribution in [-0.2, 0) is 0 Å². The van der Waals surface area contributed by atoms with Crippen LogP contribution >= 0.6 is 0 Å². The molecule has 1 saturated carbocycles. The van der Waals surface area contributed by atoms with Crippen LogP contribution in [0.15, 0.2) is 10.8 Å². The summed E-state index contributed by atoms with van der Waals surface area (Å²) in [5.74, 6) is 1.01. The molecule has 12 heavy (non-hydrogen) atoms. The van der Waals surface area contributed by atoms with Crippen molar-refractivity contribution in [1.29, 1.82) is 0 Å². The van der Waals surface area contributed by atoms with Gasteiger partial charge in [0, 0.05) is 13.0 Å². The zero-order valence-corrected chi connectivity index (χ0v) is 6.83. The number of nitrogens with zero attached hydrogens (tertiary/aromatic N) is 1. The first kappa shape index (κ1) is 7.34. The van der Waals surface area contributed by atoms with E-state index in [0.29, 0.717) is 11.6 Å². The van der Waals surface area contributed by atoms with E-state index in [1.165, 1.54) is 6.39 Å². The molecule has 1 aliphatic rings. The lowest BCUT2D eigenvalue weighted by atomic mass is 10.2. The molecule has 0 unspecified atom stereocenters. The average molecular weight is 166 g/mol. The van der Waals surface area contributed by atoms with E-state index in [1.54, 1.807) is 7.05 Å². The Labute approximate surface area is 70.0 Å². The number of carbonyl (C=O) groups excluding carboxylic acids is 1. The second-order valence-corrected chi connectivity index (χ2v) is 2.92. The van der Waals surface area contributed by atoms with Crippen molar-refractivity contribution in [2.75, 3.05) is 7.05 Å². The average Bonchev–Trinajstić information content (AvgIpc) is 2.83. The lowest BCUT2D eigenvalue weighted by Crippen LogP contribution is -2.19. The molecule has 0 spiro atoms. The van der Waals surface area contributed by atoms with Gasteiger partial charge in [0.1, 0.15) is 5.76 Å². The lowest BCUT2D eigenvalue weighted by Gasteiger charge is -1.95. The molecule has 0 aliphatic heterocycles. The molecule has 4 heteroatoms. The molecule has 0 radical (unpaired) electrons. The van der Waals surface area contributed by atoms with E-state index in [1.807, 2.05) is 0 Å². The Kier molecular flexibility index (Phi) is 1.60. The van der Waals surface area contributed by atoms with Crippen LogP contribution in [0.3, 0.4) is 0 Å². The van der Waals surface area contributed by atoms with Crippen LogP contribution in [0.2, 0.25) is 0 Å². The fraction of sp³-hybridized carbons (Fsp3) is 0.500. The minimum absolute atomic E-state index is 0.161. The molecule has 1 aromatic heterocycles. The van der Waals surface area contributed by atoms with Crippen LogP contribution in [0.5, 0.6) is 0 Å². The standard InChI is InChI=1S/C8H10N2O2/c1-9-8(11)6-7(5-2-3-5)12-4-10-6/h4-5H,2-3H2,1H3,(H,9,11). The molecule has 0 saturated heterocycles. The third kappa shape index (κ3) is 1.09. The summed E-state index contributed by atoms with van der Waals surface area (Å²) in [5.41, 5.74) is 0.444. The highest BCUT2D eigenvalue weighted by atomic mass is 16.3. The zero-order chi connectivity index (χ0) is 8.55. The van der Waals surface area contributed by atoms with E-state index in [-0.39, 0.29) is 5.91 Å². The van der Waals surface area contributed by atoms with E-state index in [2.05, 4.69) is 10.3 Å². The van der Waals surface area contributed by atoms with Crippen molar-refractivity contribution in [3.8, 4) is 0 Å². The SMILES string of the molecule is CNC(=O)c1ncoc1C1CC1. The molecular formula is C8H10N2O2. The summed E-state index contributed by atoms with van der Waals surface area (Å²) in [5, 5.41) is 2.53. The minimum Gasteiger partial charge on any atom is -0.447 e. The van der Waals surface area contributed by atoms with Crippen molar-refractivity contribution in [3.63, 3.8) is 0 Å². The van der Waals surface area contributed by atoms with Crippen molar-refractivity contribution >= 4 is 5.91 Å². The Balaban J connectivity index is 2.29. The van der Waals surface area contributed by atoms with Gasteiger partial charge in [0.05, 0.1) is 0 Å². The van der Waals surface area contributed by atoms with Gasteiger partial charge in [-0.15, -0.1) is 0 Å². The van der Waals surface area contributed by atoms with Crippen molar-refractivity contribution in [1.82, 2.24) is 10.3 Å². The van der Waals surface area contributed by atoms with Gasteiger partial charge in [0.15, 0.2) is 12.1 Å². The number of hydrogen-bond acceptors (Lipinski definition) is 3. The van der Waals surface area contributed by atoms with E-state index in [4.69, 9.17) is 4.42 Å². The largest absolute Gasteiger partial charge is 0.447 e. The number of carbonyl (C=O) groups is 1. The zero-order valence-electron chi connectivity index (χ0n) is 6.83. The molecule has 1 aliphatic carbocycles. The van der Waals surface area contributed by atoms with Gasteiger partial charge in [-0.05, 0) is 12.8 Å². The summed E-state index contributed by atoms with van der Waals surface area (Å²) in [4.78, 5) is 15.1. The maximum absolute atomic E-state index is 11.2.